The summed E-state index contributed by atoms with van der Waals surface area (Å²) in [5.74, 6) is 0.260. The molecule has 0 radical (unpaired) electrons. The van der Waals surface area contributed by atoms with E-state index in [4.69, 9.17) is 9.84 Å². The van der Waals surface area contributed by atoms with Gasteiger partial charge >= 0.3 is 5.97 Å². The maximum atomic E-state index is 13.1. The number of piperidine rings is 1. The van der Waals surface area contributed by atoms with E-state index in [1.165, 1.54) is 12.0 Å². The molecule has 2 bridgehead atoms. The van der Waals surface area contributed by atoms with Crippen molar-refractivity contribution in [2.75, 3.05) is 26.2 Å². The van der Waals surface area contributed by atoms with E-state index in [0.717, 1.165) is 63.1 Å². The standard InChI is InChI=1S/C27H34N2O4/c30-26-8-4-15-28(20-22-9-12-23(13-10-22)27(31)32)17-18-33-25-7-3-5-21(19-25)11-14-24-6-1-2-16-29(24)26/h3,5,7,9-10,12-13,19,24H,1-2,4,6,8,11,14-18,20H2,(H,31,32). The lowest BCUT2D eigenvalue weighted by Crippen LogP contribution is -2.44. The molecule has 4 rings (SSSR count). The Morgan fingerprint density at radius 2 is 1.82 bits per heavy atom. The number of carbonyl (C=O) groups is 2. The molecule has 0 aliphatic carbocycles. The lowest BCUT2D eigenvalue weighted by Gasteiger charge is -2.36. The third-order valence-corrected chi connectivity index (χ3v) is 6.76. The summed E-state index contributed by atoms with van der Waals surface area (Å²) in [6, 6.07) is 15.7. The van der Waals surface area contributed by atoms with E-state index >= 15 is 0 Å². The average molecular weight is 451 g/mol. The van der Waals surface area contributed by atoms with Crippen LogP contribution >= 0.6 is 0 Å². The largest absolute Gasteiger partial charge is 0.492 e. The number of fused-ring (bicyclic) bond motifs is 3. The first kappa shape index (κ1) is 23.3. The van der Waals surface area contributed by atoms with Crippen LogP contribution in [-0.4, -0.2) is 59.1 Å². The minimum absolute atomic E-state index is 0.283. The van der Waals surface area contributed by atoms with Crippen molar-refractivity contribution >= 4 is 11.9 Å². The molecular weight excluding hydrogens is 416 g/mol. The van der Waals surface area contributed by atoms with Gasteiger partial charge in [-0.25, -0.2) is 4.79 Å². The molecule has 1 atom stereocenters. The summed E-state index contributed by atoms with van der Waals surface area (Å²) >= 11 is 0. The summed E-state index contributed by atoms with van der Waals surface area (Å²) < 4.78 is 6.07. The van der Waals surface area contributed by atoms with Crippen molar-refractivity contribution in [3.63, 3.8) is 0 Å². The van der Waals surface area contributed by atoms with Crippen molar-refractivity contribution in [3.05, 3.63) is 65.2 Å². The number of aryl methyl sites for hydroxylation is 1. The van der Waals surface area contributed by atoms with E-state index in [1.54, 1.807) is 12.1 Å². The van der Waals surface area contributed by atoms with Crippen LogP contribution in [0.15, 0.2) is 48.5 Å². The molecule has 2 aromatic rings. The molecule has 0 saturated carbocycles. The SMILES string of the molecule is O=C(O)c1ccc(CN2CCCC(=O)N3CCCCC3CCc3cccc(c3)OCC2)cc1. The van der Waals surface area contributed by atoms with Crippen LogP contribution in [0.2, 0.25) is 0 Å². The number of hydrogen-bond donors (Lipinski definition) is 1. The molecule has 1 unspecified atom stereocenters. The number of rotatable bonds is 3. The van der Waals surface area contributed by atoms with Gasteiger partial charge in [-0.15, -0.1) is 0 Å². The molecule has 1 fully saturated rings. The number of ether oxygens (including phenoxy) is 1. The van der Waals surface area contributed by atoms with E-state index in [0.29, 0.717) is 31.2 Å². The van der Waals surface area contributed by atoms with Crippen LogP contribution in [0, 0.1) is 0 Å². The Labute approximate surface area is 196 Å². The molecule has 1 saturated heterocycles. The Balaban J connectivity index is 1.47. The summed E-state index contributed by atoms with van der Waals surface area (Å²) in [5, 5.41) is 9.14. The van der Waals surface area contributed by atoms with E-state index < -0.39 is 5.97 Å². The van der Waals surface area contributed by atoms with Gasteiger partial charge in [0.2, 0.25) is 5.91 Å². The zero-order valence-corrected chi connectivity index (χ0v) is 19.2. The minimum Gasteiger partial charge on any atom is -0.492 e. The van der Waals surface area contributed by atoms with Crippen LogP contribution in [0.5, 0.6) is 5.75 Å². The van der Waals surface area contributed by atoms with Gasteiger partial charge in [-0.05, 0) is 80.5 Å². The first-order valence-electron chi connectivity index (χ1n) is 12.1. The highest BCUT2D eigenvalue weighted by Crippen LogP contribution is 2.24. The number of carboxylic acids is 1. The van der Waals surface area contributed by atoms with Crippen LogP contribution in [0.3, 0.4) is 0 Å². The fourth-order valence-corrected chi connectivity index (χ4v) is 4.92. The lowest BCUT2D eigenvalue weighted by atomic mass is 9.95. The second-order valence-corrected chi connectivity index (χ2v) is 9.15. The first-order chi connectivity index (χ1) is 16.1. The minimum atomic E-state index is -0.916. The van der Waals surface area contributed by atoms with Gasteiger partial charge in [0.25, 0.3) is 0 Å². The van der Waals surface area contributed by atoms with Gasteiger partial charge < -0.3 is 14.7 Å². The molecule has 1 amide bonds. The summed E-state index contributed by atoms with van der Waals surface area (Å²) in [6.07, 6.45) is 6.75. The molecule has 2 heterocycles. The van der Waals surface area contributed by atoms with Gasteiger partial charge in [0, 0.05) is 32.1 Å². The van der Waals surface area contributed by atoms with Crippen molar-refractivity contribution in [2.45, 2.75) is 57.5 Å². The Bertz CT molecular complexity index is 943. The first-order valence-corrected chi connectivity index (χ1v) is 12.1. The molecule has 1 N–H and O–H groups in total. The molecule has 2 aromatic carbocycles. The second kappa shape index (κ2) is 11.3. The predicted molar refractivity (Wildman–Crippen MR) is 128 cm³/mol. The third-order valence-electron chi connectivity index (χ3n) is 6.76. The molecule has 0 spiro atoms. The zero-order valence-electron chi connectivity index (χ0n) is 19.2. The molecule has 33 heavy (non-hydrogen) atoms. The van der Waals surface area contributed by atoms with E-state index in [2.05, 4.69) is 21.9 Å². The Hall–Kier alpha value is -2.86. The highest BCUT2D eigenvalue weighted by Gasteiger charge is 2.26. The highest BCUT2D eigenvalue weighted by atomic mass is 16.5. The Morgan fingerprint density at radius 3 is 2.64 bits per heavy atom. The highest BCUT2D eigenvalue weighted by molar-refractivity contribution is 5.87. The van der Waals surface area contributed by atoms with Crippen molar-refractivity contribution < 1.29 is 19.4 Å². The zero-order chi connectivity index (χ0) is 23.0. The van der Waals surface area contributed by atoms with Gasteiger partial charge in [-0.3, -0.25) is 9.69 Å². The van der Waals surface area contributed by atoms with Crippen LogP contribution < -0.4 is 4.74 Å². The van der Waals surface area contributed by atoms with E-state index in [9.17, 15) is 9.59 Å². The van der Waals surface area contributed by atoms with Crippen molar-refractivity contribution in [1.29, 1.82) is 0 Å². The second-order valence-electron chi connectivity index (χ2n) is 9.15. The summed E-state index contributed by atoms with van der Waals surface area (Å²) in [6.45, 7) is 3.69. The summed E-state index contributed by atoms with van der Waals surface area (Å²) in [5.41, 5.74) is 2.61. The monoisotopic (exact) mass is 450 g/mol. The van der Waals surface area contributed by atoms with Crippen molar-refractivity contribution in [2.24, 2.45) is 0 Å². The number of amides is 1. The van der Waals surface area contributed by atoms with Crippen molar-refractivity contribution in [1.82, 2.24) is 9.80 Å². The van der Waals surface area contributed by atoms with Gasteiger partial charge in [0.1, 0.15) is 12.4 Å². The number of carbonyl (C=O) groups excluding carboxylic acids is 1. The fourth-order valence-electron chi connectivity index (χ4n) is 4.92. The molecule has 0 aromatic heterocycles. The number of nitrogens with zero attached hydrogens (tertiary/aromatic N) is 2. The van der Waals surface area contributed by atoms with Gasteiger partial charge in [0.05, 0.1) is 5.56 Å². The van der Waals surface area contributed by atoms with Crippen LogP contribution in [-0.2, 0) is 17.8 Å². The molecule has 6 heteroatoms. The summed E-state index contributed by atoms with van der Waals surface area (Å²) in [7, 11) is 0. The average Bonchev–Trinajstić information content (AvgIpc) is 2.83. The van der Waals surface area contributed by atoms with Crippen LogP contribution in [0.1, 0.15) is 60.0 Å². The van der Waals surface area contributed by atoms with Gasteiger partial charge in [-0.1, -0.05) is 24.3 Å². The van der Waals surface area contributed by atoms with Gasteiger partial charge in [-0.2, -0.15) is 0 Å². The van der Waals surface area contributed by atoms with Crippen LogP contribution in [0.25, 0.3) is 0 Å². The maximum Gasteiger partial charge on any atom is 0.335 e. The van der Waals surface area contributed by atoms with E-state index in [1.807, 2.05) is 24.3 Å². The topological polar surface area (TPSA) is 70.1 Å². The Kier molecular flexibility index (Phi) is 8.00. The molecular formula is C27H34N2O4. The van der Waals surface area contributed by atoms with E-state index in [-0.39, 0.29) is 5.91 Å². The molecule has 2 aliphatic rings. The predicted octanol–water partition coefficient (Wildman–Crippen LogP) is 4.37. The smallest absolute Gasteiger partial charge is 0.335 e. The quantitative estimate of drug-likeness (QED) is 0.752. The maximum absolute atomic E-state index is 13.1. The van der Waals surface area contributed by atoms with Crippen LogP contribution in [0.4, 0.5) is 0 Å². The molecule has 6 nitrogen and oxygen atoms in total. The molecule has 2 aliphatic heterocycles. The number of aromatic carboxylic acids is 1. The normalized spacial score (nSPS) is 20.8. The fraction of sp³-hybridized carbons (Fsp3) is 0.481. The van der Waals surface area contributed by atoms with Gasteiger partial charge in [0.15, 0.2) is 0 Å². The lowest BCUT2D eigenvalue weighted by molar-refractivity contribution is -0.135. The number of carboxylic acid groups (broad SMARTS) is 1. The van der Waals surface area contributed by atoms with Crippen molar-refractivity contribution in [3.8, 4) is 5.75 Å². The Morgan fingerprint density at radius 1 is 0.970 bits per heavy atom. The third kappa shape index (κ3) is 6.57. The molecule has 176 valence electrons. The number of hydrogen-bond acceptors (Lipinski definition) is 4. The number of benzene rings is 2. The summed E-state index contributed by atoms with van der Waals surface area (Å²) in [4.78, 5) is 28.6.